The predicted octanol–water partition coefficient (Wildman–Crippen LogP) is 5.03. The van der Waals surface area contributed by atoms with Gasteiger partial charge in [0, 0.05) is 18.9 Å². The summed E-state index contributed by atoms with van der Waals surface area (Å²) in [4.78, 5) is 33.2. The molecule has 0 spiro atoms. The van der Waals surface area contributed by atoms with E-state index in [0.29, 0.717) is 21.0 Å². The van der Waals surface area contributed by atoms with E-state index >= 15 is 0 Å². The summed E-state index contributed by atoms with van der Waals surface area (Å²) in [5.41, 5.74) is 3.56. The number of hydrogen-bond donors (Lipinski definition) is 1. The van der Waals surface area contributed by atoms with Gasteiger partial charge in [0.1, 0.15) is 5.58 Å². The number of carbonyl (C=O) groups is 1. The highest BCUT2D eigenvalue weighted by Gasteiger charge is 2.43. The lowest BCUT2D eigenvalue weighted by atomic mass is 9.97. The number of carbonyl (C=O) groups excluding carboxylic acids is 1. The lowest BCUT2D eigenvalue weighted by Crippen LogP contribution is -2.29. The number of benzene rings is 2. The number of phenolic OH excluding ortho intramolecular Hbond substituents is 1. The summed E-state index contributed by atoms with van der Waals surface area (Å²) in [6, 6.07) is 9.95. The van der Waals surface area contributed by atoms with E-state index in [4.69, 9.17) is 9.15 Å². The van der Waals surface area contributed by atoms with Crippen molar-refractivity contribution in [3.63, 3.8) is 0 Å². The largest absolute Gasteiger partial charge is 0.503 e. The molecule has 5 rings (SSSR count). The van der Waals surface area contributed by atoms with Gasteiger partial charge in [0.25, 0.3) is 5.91 Å². The van der Waals surface area contributed by atoms with E-state index in [1.54, 1.807) is 41.6 Å². The Bertz CT molecular complexity index is 1510. The number of amides is 1. The fourth-order valence-electron chi connectivity index (χ4n) is 4.58. The molecule has 0 radical (unpaired) electrons. The number of aryl methyl sites for hydroxylation is 2. The summed E-state index contributed by atoms with van der Waals surface area (Å²) < 4.78 is 11.8. The molecular formula is C26H21BrN2O5. The molecular weight excluding hydrogens is 500 g/mol. The van der Waals surface area contributed by atoms with Crippen molar-refractivity contribution in [2.75, 3.05) is 7.11 Å². The molecule has 0 bridgehead atoms. The van der Waals surface area contributed by atoms with Gasteiger partial charge in [-0.1, -0.05) is 12.1 Å². The zero-order valence-electron chi connectivity index (χ0n) is 18.8. The molecule has 7 nitrogen and oxygen atoms in total. The number of phenols is 1. The quantitative estimate of drug-likeness (QED) is 0.405. The van der Waals surface area contributed by atoms with Crippen LogP contribution in [0.3, 0.4) is 0 Å². The number of aromatic nitrogens is 1. The summed E-state index contributed by atoms with van der Waals surface area (Å²) >= 11 is 3.36. The Hall–Kier alpha value is -3.65. The van der Waals surface area contributed by atoms with E-state index in [2.05, 4.69) is 20.9 Å². The van der Waals surface area contributed by atoms with Crippen LogP contribution in [0.4, 0.5) is 0 Å². The molecule has 0 fully saturated rings. The molecule has 1 N–H and O–H groups in total. The Labute approximate surface area is 203 Å². The minimum absolute atomic E-state index is 0.0292. The van der Waals surface area contributed by atoms with Gasteiger partial charge in [0.15, 0.2) is 16.9 Å². The molecule has 0 unspecified atom stereocenters. The van der Waals surface area contributed by atoms with Crippen LogP contribution in [-0.2, 0) is 6.54 Å². The molecule has 3 heterocycles. The second kappa shape index (κ2) is 8.29. The fourth-order valence-corrected chi connectivity index (χ4v) is 5.04. The first kappa shape index (κ1) is 22.2. The van der Waals surface area contributed by atoms with E-state index in [-0.39, 0.29) is 40.7 Å². The average molecular weight is 521 g/mol. The van der Waals surface area contributed by atoms with Crippen LogP contribution in [0.5, 0.6) is 11.5 Å². The minimum atomic E-state index is -0.741. The molecule has 1 aliphatic rings. The van der Waals surface area contributed by atoms with E-state index in [1.807, 2.05) is 26.0 Å². The van der Waals surface area contributed by atoms with E-state index in [1.165, 1.54) is 7.11 Å². The molecule has 1 amide bonds. The number of hydrogen-bond acceptors (Lipinski definition) is 6. The summed E-state index contributed by atoms with van der Waals surface area (Å²) in [5.74, 6) is -0.192. The van der Waals surface area contributed by atoms with Crippen LogP contribution >= 0.6 is 15.9 Å². The number of rotatable bonds is 4. The SMILES string of the molecule is COc1cc([C@H]2c3c(oc4c(C)cc(C)cc4c3=O)C(=O)N2Cc2cccnc2)cc(Br)c1O. The highest BCUT2D eigenvalue weighted by atomic mass is 79.9. The summed E-state index contributed by atoms with van der Waals surface area (Å²) in [6.07, 6.45) is 3.34. The zero-order chi connectivity index (χ0) is 24.1. The van der Waals surface area contributed by atoms with Gasteiger partial charge in [0.05, 0.1) is 28.6 Å². The minimum Gasteiger partial charge on any atom is -0.503 e. The number of nitrogens with zero attached hydrogens (tertiary/aromatic N) is 2. The lowest BCUT2D eigenvalue weighted by molar-refractivity contribution is 0.0714. The first-order valence-corrected chi connectivity index (χ1v) is 11.4. The van der Waals surface area contributed by atoms with Crippen LogP contribution in [0.2, 0.25) is 0 Å². The van der Waals surface area contributed by atoms with Crippen LogP contribution in [0.1, 0.15) is 44.4 Å². The molecule has 1 atom stereocenters. The number of ether oxygens (including phenoxy) is 1. The predicted molar refractivity (Wildman–Crippen MR) is 130 cm³/mol. The number of fused-ring (bicyclic) bond motifs is 2. The summed E-state index contributed by atoms with van der Waals surface area (Å²) in [7, 11) is 1.44. The second-order valence-electron chi connectivity index (χ2n) is 8.38. The van der Waals surface area contributed by atoms with Crippen LogP contribution in [0, 0.1) is 13.8 Å². The van der Waals surface area contributed by atoms with Gasteiger partial charge in [-0.3, -0.25) is 14.6 Å². The first-order valence-electron chi connectivity index (χ1n) is 10.6. The third kappa shape index (κ3) is 3.45. The van der Waals surface area contributed by atoms with Crippen LogP contribution in [0.25, 0.3) is 11.0 Å². The monoisotopic (exact) mass is 520 g/mol. The van der Waals surface area contributed by atoms with Crippen molar-refractivity contribution < 1.29 is 19.1 Å². The average Bonchev–Trinajstić information content (AvgIpc) is 3.09. The lowest BCUT2D eigenvalue weighted by Gasteiger charge is -2.26. The van der Waals surface area contributed by atoms with Gasteiger partial charge in [-0.05, 0) is 76.3 Å². The third-order valence-electron chi connectivity index (χ3n) is 6.06. The highest BCUT2D eigenvalue weighted by molar-refractivity contribution is 9.10. The Morgan fingerprint density at radius 3 is 2.71 bits per heavy atom. The number of aromatic hydroxyl groups is 1. The van der Waals surface area contributed by atoms with Crippen LogP contribution in [-0.4, -0.2) is 28.0 Å². The molecule has 0 aliphatic carbocycles. The Morgan fingerprint density at radius 2 is 2.00 bits per heavy atom. The van der Waals surface area contributed by atoms with Crippen molar-refractivity contribution in [2.45, 2.75) is 26.4 Å². The molecule has 172 valence electrons. The van der Waals surface area contributed by atoms with Crippen molar-refractivity contribution >= 4 is 32.8 Å². The molecule has 4 aromatic rings. The molecule has 2 aromatic heterocycles. The maximum Gasteiger partial charge on any atom is 0.291 e. The topological polar surface area (TPSA) is 92.9 Å². The summed E-state index contributed by atoms with van der Waals surface area (Å²) in [6.45, 7) is 3.99. The standard InChI is InChI=1S/C26H21BrN2O5/c1-13-7-14(2)24-17(8-13)22(30)20-21(16-9-18(27)23(31)19(10-16)33-3)29(26(32)25(20)34-24)12-15-5-4-6-28-11-15/h4-11,21,31H,12H2,1-3H3/t21-/m0/s1. The fraction of sp³-hybridized carbons (Fsp3) is 0.192. The van der Waals surface area contributed by atoms with Crippen molar-refractivity contribution in [2.24, 2.45) is 0 Å². The van der Waals surface area contributed by atoms with E-state index in [9.17, 15) is 14.7 Å². The Balaban J connectivity index is 1.79. The maximum absolute atomic E-state index is 13.8. The first-order chi connectivity index (χ1) is 16.3. The number of methoxy groups -OCH3 is 1. The Kier molecular flexibility index (Phi) is 5.40. The van der Waals surface area contributed by atoms with Gasteiger partial charge < -0.3 is 19.2 Å². The molecule has 2 aromatic carbocycles. The van der Waals surface area contributed by atoms with Gasteiger partial charge in [-0.2, -0.15) is 0 Å². The van der Waals surface area contributed by atoms with E-state index in [0.717, 1.165) is 16.7 Å². The molecule has 1 aliphatic heterocycles. The normalized spacial score (nSPS) is 15.1. The van der Waals surface area contributed by atoms with Crippen molar-refractivity contribution in [1.29, 1.82) is 0 Å². The van der Waals surface area contributed by atoms with Gasteiger partial charge in [-0.25, -0.2) is 0 Å². The van der Waals surface area contributed by atoms with E-state index < -0.39 is 6.04 Å². The summed E-state index contributed by atoms with van der Waals surface area (Å²) in [5, 5.41) is 10.8. The number of halogens is 1. The van der Waals surface area contributed by atoms with Crippen molar-refractivity contribution in [1.82, 2.24) is 9.88 Å². The molecule has 0 saturated heterocycles. The second-order valence-corrected chi connectivity index (χ2v) is 9.24. The molecule has 8 heteroatoms. The smallest absolute Gasteiger partial charge is 0.291 e. The van der Waals surface area contributed by atoms with Crippen molar-refractivity contribution in [3.8, 4) is 11.5 Å². The van der Waals surface area contributed by atoms with Crippen molar-refractivity contribution in [3.05, 3.63) is 97.1 Å². The maximum atomic E-state index is 13.8. The zero-order valence-corrected chi connectivity index (χ0v) is 20.3. The Morgan fingerprint density at radius 1 is 1.21 bits per heavy atom. The molecule has 34 heavy (non-hydrogen) atoms. The molecule has 0 saturated carbocycles. The van der Waals surface area contributed by atoms with Gasteiger partial charge in [0.2, 0.25) is 5.76 Å². The van der Waals surface area contributed by atoms with Gasteiger partial charge >= 0.3 is 0 Å². The van der Waals surface area contributed by atoms with Crippen LogP contribution < -0.4 is 10.2 Å². The highest BCUT2D eigenvalue weighted by Crippen LogP contribution is 2.44. The third-order valence-corrected chi connectivity index (χ3v) is 6.66. The van der Waals surface area contributed by atoms with Gasteiger partial charge in [-0.15, -0.1) is 0 Å². The number of pyridine rings is 1. The van der Waals surface area contributed by atoms with Crippen LogP contribution in [0.15, 0.2) is 62.5 Å².